The van der Waals surface area contributed by atoms with Crippen molar-refractivity contribution >= 4 is 5.97 Å². The van der Waals surface area contributed by atoms with Crippen LogP contribution in [0.15, 0.2) is 36.5 Å². The molecule has 0 aliphatic heterocycles. The molecule has 5 heteroatoms. The van der Waals surface area contributed by atoms with Crippen molar-refractivity contribution in [2.45, 2.75) is 26.4 Å². The van der Waals surface area contributed by atoms with Gasteiger partial charge in [-0.3, -0.25) is 0 Å². The summed E-state index contributed by atoms with van der Waals surface area (Å²) in [5.74, 6) is 0.224. The van der Waals surface area contributed by atoms with E-state index in [-0.39, 0.29) is 12.2 Å². The molecule has 0 aliphatic carbocycles. The minimum atomic E-state index is -0.996. The van der Waals surface area contributed by atoms with Crippen LogP contribution >= 0.6 is 0 Å². The van der Waals surface area contributed by atoms with Gasteiger partial charge in [0.05, 0.1) is 11.3 Å². The minimum Gasteiger partial charge on any atom is -0.486 e. The first-order chi connectivity index (χ1) is 9.70. The molecule has 0 aliphatic rings. The fourth-order valence-corrected chi connectivity index (χ4v) is 1.80. The topological polar surface area (TPSA) is 72.3 Å². The van der Waals surface area contributed by atoms with Crippen molar-refractivity contribution in [1.29, 1.82) is 0 Å². The summed E-state index contributed by atoms with van der Waals surface area (Å²) in [6.45, 7) is 2.20. The highest BCUT2D eigenvalue weighted by molar-refractivity contribution is 5.88. The molecule has 0 radical (unpaired) electrons. The molecule has 1 N–H and O–H groups in total. The number of aromatic nitrogens is 2. The molecule has 1 heterocycles. The second kappa shape index (κ2) is 6.65. The van der Waals surface area contributed by atoms with Crippen LogP contribution in [0.2, 0.25) is 0 Å². The average molecular weight is 272 g/mol. The van der Waals surface area contributed by atoms with Gasteiger partial charge in [-0.2, -0.15) is 0 Å². The van der Waals surface area contributed by atoms with Crippen LogP contribution in [0.25, 0.3) is 0 Å². The SMILES string of the molecule is CCCc1nc(COc2ccccc2)ncc1C(=O)O. The summed E-state index contributed by atoms with van der Waals surface area (Å²) in [6.07, 6.45) is 2.79. The van der Waals surface area contributed by atoms with E-state index in [1.807, 2.05) is 37.3 Å². The Morgan fingerprint density at radius 2 is 2.05 bits per heavy atom. The maximum atomic E-state index is 11.1. The van der Waals surface area contributed by atoms with Gasteiger partial charge in [0.2, 0.25) is 0 Å². The number of aryl methyl sites for hydroxylation is 1. The number of carboxylic acids is 1. The molecule has 0 saturated carbocycles. The van der Waals surface area contributed by atoms with Gasteiger partial charge < -0.3 is 9.84 Å². The molecular formula is C15H16N2O3. The maximum absolute atomic E-state index is 11.1. The molecule has 104 valence electrons. The second-order valence-corrected chi connectivity index (χ2v) is 4.30. The van der Waals surface area contributed by atoms with E-state index >= 15 is 0 Å². The number of ether oxygens (including phenoxy) is 1. The van der Waals surface area contributed by atoms with E-state index in [0.717, 1.165) is 12.2 Å². The number of carbonyl (C=O) groups is 1. The van der Waals surface area contributed by atoms with Crippen molar-refractivity contribution in [3.63, 3.8) is 0 Å². The zero-order chi connectivity index (χ0) is 14.4. The van der Waals surface area contributed by atoms with Gasteiger partial charge in [-0.05, 0) is 18.6 Å². The number of para-hydroxylation sites is 1. The second-order valence-electron chi connectivity index (χ2n) is 4.30. The number of hydrogen-bond acceptors (Lipinski definition) is 4. The fraction of sp³-hybridized carbons (Fsp3) is 0.267. The van der Waals surface area contributed by atoms with E-state index in [2.05, 4.69) is 9.97 Å². The lowest BCUT2D eigenvalue weighted by molar-refractivity contribution is 0.0694. The minimum absolute atomic E-state index is 0.162. The molecule has 0 spiro atoms. The lowest BCUT2D eigenvalue weighted by Crippen LogP contribution is -2.10. The predicted molar refractivity (Wildman–Crippen MR) is 73.8 cm³/mol. The molecule has 1 aromatic heterocycles. The van der Waals surface area contributed by atoms with E-state index in [4.69, 9.17) is 9.84 Å². The van der Waals surface area contributed by atoms with Gasteiger partial charge in [0, 0.05) is 6.20 Å². The highest BCUT2D eigenvalue weighted by Gasteiger charge is 2.13. The summed E-state index contributed by atoms with van der Waals surface area (Å²) in [4.78, 5) is 19.4. The summed E-state index contributed by atoms with van der Waals surface area (Å²) in [5.41, 5.74) is 0.719. The van der Waals surface area contributed by atoms with Crippen LogP contribution in [0.3, 0.4) is 0 Å². The van der Waals surface area contributed by atoms with Gasteiger partial charge in [-0.25, -0.2) is 14.8 Å². The van der Waals surface area contributed by atoms with Gasteiger partial charge >= 0.3 is 5.97 Å². The number of carboxylic acid groups (broad SMARTS) is 1. The first kappa shape index (κ1) is 14.0. The van der Waals surface area contributed by atoms with Gasteiger partial charge in [-0.15, -0.1) is 0 Å². The lowest BCUT2D eigenvalue weighted by Gasteiger charge is -2.08. The number of hydrogen-bond donors (Lipinski definition) is 1. The molecule has 2 rings (SSSR count). The summed E-state index contributed by atoms with van der Waals surface area (Å²) in [7, 11) is 0. The van der Waals surface area contributed by atoms with Gasteiger partial charge in [0.15, 0.2) is 5.82 Å². The molecular weight excluding hydrogens is 256 g/mol. The highest BCUT2D eigenvalue weighted by Crippen LogP contribution is 2.12. The number of nitrogens with zero attached hydrogens (tertiary/aromatic N) is 2. The predicted octanol–water partition coefficient (Wildman–Crippen LogP) is 2.71. The molecule has 1 aromatic carbocycles. The molecule has 20 heavy (non-hydrogen) atoms. The van der Waals surface area contributed by atoms with Gasteiger partial charge in [0.1, 0.15) is 12.4 Å². The van der Waals surface area contributed by atoms with E-state index in [1.165, 1.54) is 6.20 Å². The van der Waals surface area contributed by atoms with Crippen molar-refractivity contribution in [3.8, 4) is 5.75 Å². The van der Waals surface area contributed by atoms with E-state index in [0.29, 0.717) is 17.9 Å². The van der Waals surface area contributed by atoms with Gasteiger partial charge in [0.25, 0.3) is 0 Å². The zero-order valence-corrected chi connectivity index (χ0v) is 11.2. The molecule has 0 fully saturated rings. The first-order valence-corrected chi connectivity index (χ1v) is 6.46. The van der Waals surface area contributed by atoms with Crippen LogP contribution in [-0.2, 0) is 13.0 Å². The Labute approximate surface area is 117 Å². The van der Waals surface area contributed by atoms with Crippen LogP contribution in [0.1, 0.15) is 35.2 Å². The summed E-state index contributed by atoms with van der Waals surface area (Å²) in [5, 5.41) is 9.08. The summed E-state index contributed by atoms with van der Waals surface area (Å²) < 4.78 is 5.55. The Bertz CT molecular complexity index is 585. The lowest BCUT2D eigenvalue weighted by atomic mass is 10.1. The molecule has 0 bridgehead atoms. The van der Waals surface area contributed by atoms with Crippen molar-refractivity contribution in [3.05, 3.63) is 53.6 Å². The molecule has 0 amide bonds. The van der Waals surface area contributed by atoms with E-state index in [9.17, 15) is 4.79 Å². The monoisotopic (exact) mass is 272 g/mol. The Balaban J connectivity index is 2.12. The molecule has 5 nitrogen and oxygen atoms in total. The Hall–Kier alpha value is -2.43. The van der Waals surface area contributed by atoms with Gasteiger partial charge in [-0.1, -0.05) is 31.5 Å². The fourth-order valence-electron chi connectivity index (χ4n) is 1.80. The quantitative estimate of drug-likeness (QED) is 0.875. The van der Waals surface area contributed by atoms with Crippen molar-refractivity contribution in [2.24, 2.45) is 0 Å². The summed E-state index contributed by atoms with van der Waals surface area (Å²) in [6, 6.07) is 9.36. The summed E-state index contributed by atoms with van der Waals surface area (Å²) >= 11 is 0. The third-order valence-electron chi connectivity index (χ3n) is 2.75. The molecule has 0 unspecified atom stereocenters. The van der Waals surface area contributed by atoms with Crippen LogP contribution in [0, 0.1) is 0 Å². The standard InChI is InChI=1S/C15H16N2O3/c1-2-6-13-12(15(18)19)9-16-14(17-13)10-20-11-7-4-3-5-8-11/h3-5,7-9H,2,6,10H2,1H3,(H,18,19). The number of rotatable bonds is 6. The van der Waals surface area contributed by atoms with Crippen LogP contribution < -0.4 is 4.74 Å². The Kier molecular flexibility index (Phi) is 4.65. The maximum Gasteiger partial charge on any atom is 0.339 e. The smallest absolute Gasteiger partial charge is 0.339 e. The Morgan fingerprint density at radius 1 is 1.30 bits per heavy atom. The van der Waals surface area contributed by atoms with Crippen molar-refractivity contribution in [1.82, 2.24) is 9.97 Å². The van der Waals surface area contributed by atoms with E-state index in [1.54, 1.807) is 0 Å². The normalized spacial score (nSPS) is 10.2. The number of aromatic carboxylic acids is 1. The largest absolute Gasteiger partial charge is 0.486 e. The Morgan fingerprint density at radius 3 is 2.70 bits per heavy atom. The molecule has 0 atom stereocenters. The third kappa shape index (κ3) is 3.54. The molecule has 2 aromatic rings. The molecule has 0 saturated heterocycles. The van der Waals surface area contributed by atoms with Crippen molar-refractivity contribution < 1.29 is 14.6 Å². The van der Waals surface area contributed by atoms with Crippen molar-refractivity contribution in [2.75, 3.05) is 0 Å². The number of benzene rings is 1. The average Bonchev–Trinajstić information content (AvgIpc) is 2.46. The first-order valence-electron chi connectivity index (χ1n) is 6.46. The zero-order valence-electron chi connectivity index (χ0n) is 11.2. The highest BCUT2D eigenvalue weighted by atomic mass is 16.5. The van der Waals surface area contributed by atoms with Crippen LogP contribution in [0.5, 0.6) is 5.75 Å². The van der Waals surface area contributed by atoms with E-state index < -0.39 is 5.97 Å². The van der Waals surface area contributed by atoms with Crippen LogP contribution in [0.4, 0.5) is 0 Å². The van der Waals surface area contributed by atoms with Crippen LogP contribution in [-0.4, -0.2) is 21.0 Å². The third-order valence-corrected chi connectivity index (χ3v) is 2.75.